The molecule has 0 aliphatic carbocycles. The zero-order valence-electron chi connectivity index (χ0n) is 25.3. The summed E-state index contributed by atoms with van der Waals surface area (Å²) in [6, 6.07) is 4.47. The molecular formula is C30H34O17. The second-order valence-corrected chi connectivity index (χ2v) is 11.1. The summed E-state index contributed by atoms with van der Waals surface area (Å²) in [6.07, 6.45) is -15.0. The second-order valence-electron chi connectivity index (χ2n) is 11.1. The first kappa shape index (κ1) is 34.0. The Morgan fingerprint density at radius 3 is 2.04 bits per heavy atom. The normalized spacial score (nSPS) is 30.9. The third-order valence-electron chi connectivity index (χ3n) is 7.85. The average Bonchev–Trinajstić information content (AvgIpc) is 3.01. The van der Waals surface area contributed by atoms with E-state index in [1.807, 2.05) is 0 Å². The van der Waals surface area contributed by atoms with E-state index in [2.05, 4.69) is 0 Å². The van der Waals surface area contributed by atoms with Crippen molar-refractivity contribution < 1.29 is 78.5 Å². The van der Waals surface area contributed by atoms with E-state index in [0.29, 0.717) is 0 Å². The molecule has 1 aromatic heterocycles. The molecule has 5 rings (SSSR count). The highest BCUT2D eigenvalue weighted by Gasteiger charge is 2.47. The van der Waals surface area contributed by atoms with E-state index in [0.717, 1.165) is 32.2 Å². The van der Waals surface area contributed by atoms with E-state index in [4.69, 9.17) is 32.8 Å². The highest BCUT2D eigenvalue weighted by molar-refractivity contribution is 5.91. The van der Waals surface area contributed by atoms with Crippen LogP contribution in [0.1, 0.15) is 20.8 Å². The standard InChI is InChI=1S/C30H34O17/c1-9-18(34)22(38)23(39)29(42-9)47-28-21(37)17-15(45-25(28)12-5-6-13(32)14(33)7-12)8-16(26(41-4)20(17)36)46-30-24(40)27(44-11(3)31)19(35)10(2)43-30/h5-10,18-19,22-24,27,29-30,32-36,38-40H,1-4H3/t9?,10?,18-,19-,22?,23-,24?,27-,29-,30-/m0/s1. The summed E-state index contributed by atoms with van der Waals surface area (Å²) in [7, 11) is 1.13. The first-order valence-corrected chi connectivity index (χ1v) is 14.3. The Kier molecular flexibility index (Phi) is 9.43. The Morgan fingerprint density at radius 1 is 0.787 bits per heavy atom. The van der Waals surface area contributed by atoms with E-state index >= 15 is 0 Å². The third kappa shape index (κ3) is 6.21. The van der Waals surface area contributed by atoms with Gasteiger partial charge in [0.2, 0.25) is 29.5 Å². The Balaban J connectivity index is 1.65. The van der Waals surface area contributed by atoms with E-state index in [1.165, 1.54) is 19.9 Å². The number of phenols is 3. The van der Waals surface area contributed by atoms with Crippen LogP contribution in [0, 0.1) is 0 Å². The summed E-state index contributed by atoms with van der Waals surface area (Å²) in [4.78, 5) is 25.6. The number of carbonyl (C=O) groups is 1. The molecule has 17 heteroatoms. The van der Waals surface area contributed by atoms with Crippen molar-refractivity contribution in [3.05, 3.63) is 34.5 Å². The predicted molar refractivity (Wildman–Crippen MR) is 155 cm³/mol. The Hall–Kier alpha value is -4.36. The maximum Gasteiger partial charge on any atom is 0.303 e. The van der Waals surface area contributed by atoms with Crippen LogP contribution in [0.5, 0.6) is 34.5 Å². The first-order chi connectivity index (χ1) is 22.1. The molecule has 10 atom stereocenters. The molecular weight excluding hydrogens is 632 g/mol. The van der Waals surface area contributed by atoms with Gasteiger partial charge >= 0.3 is 5.97 Å². The largest absolute Gasteiger partial charge is 0.504 e. The van der Waals surface area contributed by atoms with Crippen molar-refractivity contribution >= 4 is 16.9 Å². The number of aromatic hydroxyl groups is 3. The van der Waals surface area contributed by atoms with E-state index in [9.17, 15) is 50.4 Å². The summed E-state index contributed by atoms with van der Waals surface area (Å²) >= 11 is 0. The van der Waals surface area contributed by atoms with Crippen molar-refractivity contribution in [2.45, 2.75) is 82.2 Å². The summed E-state index contributed by atoms with van der Waals surface area (Å²) < 4.78 is 38.9. The molecule has 256 valence electrons. The van der Waals surface area contributed by atoms with Crippen molar-refractivity contribution in [2.24, 2.45) is 0 Å². The van der Waals surface area contributed by atoms with Crippen LogP contribution in [0.25, 0.3) is 22.3 Å². The van der Waals surface area contributed by atoms with Crippen LogP contribution in [0.3, 0.4) is 0 Å². The van der Waals surface area contributed by atoms with Crippen LogP contribution in [-0.4, -0.2) is 115 Å². The molecule has 2 saturated heterocycles. The van der Waals surface area contributed by atoms with Crippen molar-refractivity contribution in [1.82, 2.24) is 0 Å². The number of carbonyl (C=O) groups excluding carboxylic acids is 1. The van der Waals surface area contributed by atoms with Crippen molar-refractivity contribution in [2.75, 3.05) is 7.11 Å². The van der Waals surface area contributed by atoms with Crippen LogP contribution < -0.4 is 19.6 Å². The number of aliphatic hydroxyl groups is 5. The van der Waals surface area contributed by atoms with Crippen LogP contribution >= 0.6 is 0 Å². The lowest BCUT2D eigenvalue weighted by Crippen LogP contribution is -2.59. The molecule has 2 aromatic carbocycles. The second kappa shape index (κ2) is 13.0. The maximum atomic E-state index is 14.0. The van der Waals surface area contributed by atoms with Gasteiger partial charge in [0.05, 0.1) is 19.3 Å². The maximum absolute atomic E-state index is 14.0. The van der Waals surface area contributed by atoms with Gasteiger partial charge in [-0.05, 0) is 32.0 Å². The SMILES string of the molecule is COc1c(O[C@@H]2OC(C)[C@H](O)[C@H](OC(C)=O)C2O)cc2oc(-c3ccc(O)c(O)c3)c(O[C@@H]3OC(C)[C@H](O)C(O)[C@@H]3O)c(=O)c2c1O. The first-order valence-electron chi connectivity index (χ1n) is 14.3. The molecule has 8 N–H and O–H groups in total. The zero-order chi connectivity index (χ0) is 34.5. The monoisotopic (exact) mass is 666 g/mol. The molecule has 2 fully saturated rings. The molecule has 0 saturated carbocycles. The molecule has 0 bridgehead atoms. The summed E-state index contributed by atoms with van der Waals surface area (Å²) in [6.45, 7) is 3.91. The Labute approximate surface area is 265 Å². The Morgan fingerprint density at radius 2 is 1.43 bits per heavy atom. The van der Waals surface area contributed by atoms with Gasteiger partial charge in [-0.3, -0.25) is 9.59 Å². The number of phenolic OH excluding ortho intramolecular Hbond substituents is 3. The van der Waals surface area contributed by atoms with Crippen molar-refractivity contribution in [3.63, 3.8) is 0 Å². The molecule has 0 spiro atoms. The lowest BCUT2D eigenvalue weighted by molar-refractivity contribution is -0.272. The number of benzene rings is 2. The van der Waals surface area contributed by atoms with Crippen LogP contribution in [0.2, 0.25) is 0 Å². The minimum Gasteiger partial charge on any atom is -0.504 e. The lowest BCUT2D eigenvalue weighted by Gasteiger charge is -2.40. The minimum atomic E-state index is -1.85. The number of methoxy groups -OCH3 is 1. The molecule has 17 nitrogen and oxygen atoms in total. The van der Waals surface area contributed by atoms with Gasteiger partial charge in [-0.2, -0.15) is 0 Å². The predicted octanol–water partition coefficient (Wildman–Crippen LogP) is -0.431. The van der Waals surface area contributed by atoms with Gasteiger partial charge in [0, 0.05) is 18.6 Å². The number of rotatable bonds is 7. The Bertz CT molecular complexity index is 1700. The van der Waals surface area contributed by atoms with E-state index in [-0.39, 0.29) is 16.9 Å². The number of hydrogen-bond acceptors (Lipinski definition) is 17. The molecule has 3 heterocycles. The molecule has 3 aromatic rings. The van der Waals surface area contributed by atoms with Gasteiger partial charge in [0.15, 0.2) is 41.0 Å². The van der Waals surface area contributed by atoms with Gasteiger partial charge in [-0.1, -0.05) is 0 Å². The van der Waals surface area contributed by atoms with Crippen LogP contribution in [0.15, 0.2) is 33.5 Å². The van der Waals surface area contributed by atoms with Gasteiger partial charge in [-0.15, -0.1) is 0 Å². The topological polar surface area (TPSA) is 264 Å². The van der Waals surface area contributed by atoms with Crippen LogP contribution in [0.4, 0.5) is 0 Å². The molecule has 0 amide bonds. The highest BCUT2D eigenvalue weighted by atomic mass is 16.7. The van der Waals surface area contributed by atoms with Crippen molar-refractivity contribution in [1.29, 1.82) is 0 Å². The average molecular weight is 667 g/mol. The quantitative estimate of drug-likeness (QED) is 0.117. The summed E-state index contributed by atoms with van der Waals surface area (Å²) in [5, 5.41) is 82.9. The number of aliphatic hydroxyl groups excluding tert-OH is 5. The van der Waals surface area contributed by atoms with Gasteiger partial charge in [0.25, 0.3) is 0 Å². The van der Waals surface area contributed by atoms with Gasteiger partial charge in [0.1, 0.15) is 35.4 Å². The van der Waals surface area contributed by atoms with Crippen molar-refractivity contribution in [3.8, 4) is 45.8 Å². The van der Waals surface area contributed by atoms with Gasteiger partial charge in [-0.25, -0.2) is 0 Å². The highest BCUT2D eigenvalue weighted by Crippen LogP contribution is 2.46. The zero-order valence-corrected chi connectivity index (χ0v) is 25.3. The smallest absolute Gasteiger partial charge is 0.303 e. The number of ether oxygens (including phenoxy) is 6. The fourth-order valence-corrected chi connectivity index (χ4v) is 5.30. The third-order valence-corrected chi connectivity index (χ3v) is 7.85. The summed E-state index contributed by atoms with van der Waals surface area (Å²) in [5.74, 6) is -4.59. The van der Waals surface area contributed by atoms with Crippen LogP contribution in [-0.2, 0) is 19.0 Å². The molecule has 4 unspecified atom stereocenters. The summed E-state index contributed by atoms with van der Waals surface area (Å²) in [5.41, 5.74) is -1.45. The number of esters is 1. The fraction of sp³-hybridized carbons (Fsp3) is 0.467. The van der Waals surface area contributed by atoms with E-state index in [1.54, 1.807) is 0 Å². The molecule has 47 heavy (non-hydrogen) atoms. The molecule has 2 aliphatic rings. The molecule has 2 aliphatic heterocycles. The molecule has 0 radical (unpaired) electrons. The fourth-order valence-electron chi connectivity index (χ4n) is 5.30. The lowest BCUT2D eigenvalue weighted by atomic mass is 9.99. The van der Waals surface area contributed by atoms with Gasteiger partial charge < -0.3 is 73.7 Å². The number of hydrogen-bond donors (Lipinski definition) is 8. The van der Waals surface area contributed by atoms with E-state index < -0.39 is 113 Å². The number of fused-ring (bicyclic) bond motifs is 1. The minimum absolute atomic E-state index is 0.0379.